The Morgan fingerprint density at radius 2 is 1.91 bits per heavy atom. The number of carbonyl (C=O) groups is 1. The third kappa shape index (κ3) is 3.26. The molecule has 3 rings (SSSR count). The number of likely N-dealkylation sites (N-methyl/N-ethyl adjacent to an activating group) is 1. The maximum Gasteiger partial charge on any atom is 0.250 e. The molecule has 0 aliphatic carbocycles. The van der Waals surface area contributed by atoms with E-state index in [2.05, 4.69) is 0 Å². The van der Waals surface area contributed by atoms with E-state index in [4.69, 9.17) is 9.15 Å². The van der Waals surface area contributed by atoms with Crippen LogP contribution < -0.4 is 9.64 Å². The molecule has 23 heavy (non-hydrogen) atoms. The lowest BCUT2D eigenvalue weighted by Crippen LogP contribution is -2.23. The quantitative estimate of drug-likeness (QED) is 0.681. The molecule has 0 aliphatic heterocycles. The molecule has 0 spiro atoms. The number of carbonyl (C=O) groups excluding carboxylic acids is 1. The smallest absolute Gasteiger partial charge is 0.250 e. The van der Waals surface area contributed by atoms with Gasteiger partial charge >= 0.3 is 0 Å². The van der Waals surface area contributed by atoms with E-state index in [1.165, 1.54) is 6.08 Å². The molecule has 0 bridgehead atoms. The Balaban J connectivity index is 1.78. The summed E-state index contributed by atoms with van der Waals surface area (Å²) in [7, 11) is 3.37. The van der Waals surface area contributed by atoms with E-state index in [1.807, 2.05) is 54.6 Å². The maximum atomic E-state index is 12.2. The van der Waals surface area contributed by atoms with Crippen LogP contribution in [0.1, 0.15) is 5.76 Å². The van der Waals surface area contributed by atoms with Gasteiger partial charge < -0.3 is 14.1 Å². The highest BCUT2D eigenvalue weighted by molar-refractivity contribution is 6.03. The second-order valence-electron chi connectivity index (χ2n) is 5.12. The van der Waals surface area contributed by atoms with Crippen LogP contribution >= 0.6 is 0 Å². The lowest BCUT2D eigenvalue weighted by molar-refractivity contribution is -0.113. The van der Waals surface area contributed by atoms with E-state index < -0.39 is 0 Å². The highest BCUT2D eigenvalue weighted by atomic mass is 16.5. The van der Waals surface area contributed by atoms with Gasteiger partial charge in [0.05, 0.1) is 7.11 Å². The summed E-state index contributed by atoms with van der Waals surface area (Å²) < 4.78 is 10.9. The molecule has 4 heteroatoms. The van der Waals surface area contributed by atoms with E-state index in [1.54, 1.807) is 25.1 Å². The van der Waals surface area contributed by atoms with Crippen LogP contribution in [0, 0.1) is 0 Å². The molecule has 0 fully saturated rings. The topological polar surface area (TPSA) is 42.7 Å². The fourth-order valence-corrected chi connectivity index (χ4v) is 2.30. The van der Waals surface area contributed by atoms with Crippen molar-refractivity contribution in [2.45, 2.75) is 0 Å². The first kappa shape index (κ1) is 14.9. The largest absolute Gasteiger partial charge is 0.497 e. The summed E-state index contributed by atoms with van der Waals surface area (Å²) in [5, 5.41) is 0.938. The Kier molecular flexibility index (Phi) is 4.15. The molecule has 0 saturated carbocycles. The van der Waals surface area contributed by atoms with Crippen molar-refractivity contribution in [3.05, 3.63) is 66.4 Å². The molecule has 3 aromatic rings. The summed E-state index contributed by atoms with van der Waals surface area (Å²) in [6.45, 7) is 0. The first-order valence-corrected chi connectivity index (χ1v) is 7.26. The zero-order valence-electron chi connectivity index (χ0n) is 13.0. The Morgan fingerprint density at radius 1 is 1.13 bits per heavy atom. The third-order valence-electron chi connectivity index (χ3n) is 3.61. The normalized spacial score (nSPS) is 11.0. The van der Waals surface area contributed by atoms with Gasteiger partial charge in [0, 0.05) is 24.2 Å². The summed E-state index contributed by atoms with van der Waals surface area (Å²) in [4.78, 5) is 13.8. The van der Waals surface area contributed by atoms with Crippen molar-refractivity contribution >= 4 is 28.6 Å². The zero-order valence-corrected chi connectivity index (χ0v) is 13.0. The van der Waals surface area contributed by atoms with E-state index in [0.717, 1.165) is 22.4 Å². The summed E-state index contributed by atoms with van der Waals surface area (Å²) in [6, 6.07) is 17.0. The number of benzene rings is 2. The number of ether oxygens (including phenoxy) is 1. The first-order chi connectivity index (χ1) is 11.2. The van der Waals surface area contributed by atoms with E-state index in [0.29, 0.717) is 5.76 Å². The Bertz CT molecular complexity index is 849. The molecule has 1 heterocycles. The number of furan rings is 1. The van der Waals surface area contributed by atoms with Crippen LogP contribution in [0.4, 0.5) is 5.69 Å². The van der Waals surface area contributed by atoms with Crippen molar-refractivity contribution in [3.8, 4) is 5.75 Å². The number of nitrogens with zero attached hydrogens (tertiary/aromatic N) is 1. The third-order valence-corrected chi connectivity index (χ3v) is 3.61. The molecule has 1 aromatic heterocycles. The van der Waals surface area contributed by atoms with E-state index in [9.17, 15) is 4.79 Å². The first-order valence-electron chi connectivity index (χ1n) is 7.26. The second-order valence-corrected chi connectivity index (χ2v) is 5.12. The van der Waals surface area contributed by atoms with Gasteiger partial charge in [-0.3, -0.25) is 4.79 Å². The Labute approximate surface area is 134 Å². The van der Waals surface area contributed by atoms with Gasteiger partial charge in [-0.15, -0.1) is 0 Å². The molecular formula is C19H17NO3. The van der Waals surface area contributed by atoms with Crippen LogP contribution in [0.5, 0.6) is 5.75 Å². The number of anilines is 1. The second kappa shape index (κ2) is 6.40. The summed E-state index contributed by atoms with van der Waals surface area (Å²) in [5.74, 6) is 1.28. The maximum absolute atomic E-state index is 12.2. The van der Waals surface area contributed by atoms with Crippen molar-refractivity contribution in [1.82, 2.24) is 0 Å². The van der Waals surface area contributed by atoms with Gasteiger partial charge in [0.15, 0.2) is 0 Å². The minimum Gasteiger partial charge on any atom is -0.497 e. The van der Waals surface area contributed by atoms with Gasteiger partial charge in [0.1, 0.15) is 17.1 Å². The lowest BCUT2D eigenvalue weighted by Gasteiger charge is -2.14. The average Bonchev–Trinajstić information content (AvgIpc) is 3.01. The number of hydrogen-bond donors (Lipinski definition) is 0. The highest BCUT2D eigenvalue weighted by Crippen LogP contribution is 2.24. The van der Waals surface area contributed by atoms with Gasteiger partial charge in [0.2, 0.25) is 0 Å². The summed E-state index contributed by atoms with van der Waals surface area (Å²) in [5.41, 5.74) is 1.60. The van der Waals surface area contributed by atoms with E-state index in [-0.39, 0.29) is 5.91 Å². The number of fused-ring (bicyclic) bond motifs is 1. The van der Waals surface area contributed by atoms with Crippen molar-refractivity contribution in [3.63, 3.8) is 0 Å². The minimum absolute atomic E-state index is 0.116. The van der Waals surface area contributed by atoms with Crippen LogP contribution in [0.15, 0.2) is 65.1 Å². The highest BCUT2D eigenvalue weighted by Gasteiger charge is 2.08. The Hall–Kier alpha value is -3.01. The van der Waals surface area contributed by atoms with Crippen LogP contribution in [0.3, 0.4) is 0 Å². The molecule has 0 atom stereocenters. The molecule has 4 nitrogen and oxygen atoms in total. The molecule has 1 amide bonds. The van der Waals surface area contributed by atoms with Crippen molar-refractivity contribution in [2.75, 3.05) is 19.1 Å². The molecule has 0 unspecified atom stereocenters. The molecule has 0 saturated heterocycles. The van der Waals surface area contributed by atoms with Gasteiger partial charge in [-0.1, -0.05) is 18.2 Å². The Morgan fingerprint density at radius 3 is 2.65 bits per heavy atom. The fraction of sp³-hybridized carbons (Fsp3) is 0.105. The monoisotopic (exact) mass is 307 g/mol. The van der Waals surface area contributed by atoms with Crippen LogP contribution in [0.2, 0.25) is 0 Å². The number of para-hydroxylation sites is 1. The summed E-state index contributed by atoms with van der Waals surface area (Å²) in [6.07, 6.45) is 3.18. The van der Waals surface area contributed by atoms with Crippen molar-refractivity contribution < 1.29 is 13.9 Å². The fourth-order valence-electron chi connectivity index (χ4n) is 2.30. The van der Waals surface area contributed by atoms with Gasteiger partial charge in [-0.25, -0.2) is 0 Å². The molecule has 0 N–H and O–H groups in total. The molecule has 0 radical (unpaired) electrons. The van der Waals surface area contributed by atoms with Gasteiger partial charge in [-0.05, 0) is 42.5 Å². The molecule has 0 aliphatic rings. The van der Waals surface area contributed by atoms with Crippen LogP contribution in [-0.2, 0) is 4.79 Å². The van der Waals surface area contributed by atoms with Crippen molar-refractivity contribution in [1.29, 1.82) is 0 Å². The number of rotatable bonds is 4. The van der Waals surface area contributed by atoms with E-state index >= 15 is 0 Å². The zero-order chi connectivity index (χ0) is 16.2. The van der Waals surface area contributed by atoms with Gasteiger partial charge in [0.25, 0.3) is 5.91 Å². The molecular weight excluding hydrogens is 290 g/mol. The molecule has 116 valence electrons. The summed E-state index contributed by atoms with van der Waals surface area (Å²) >= 11 is 0. The van der Waals surface area contributed by atoms with Crippen LogP contribution in [-0.4, -0.2) is 20.1 Å². The van der Waals surface area contributed by atoms with Crippen LogP contribution in [0.25, 0.3) is 17.0 Å². The van der Waals surface area contributed by atoms with Gasteiger partial charge in [-0.2, -0.15) is 0 Å². The number of hydrogen-bond acceptors (Lipinski definition) is 3. The molecule has 2 aromatic carbocycles. The minimum atomic E-state index is -0.116. The SMILES string of the molecule is COc1ccc2oc(C=CC(=O)N(C)c3ccccc3)cc2c1. The predicted molar refractivity (Wildman–Crippen MR) is 91.7 cm³/mol. The van der Waals surface area contributed by atoms with Crippen molar-refractivity contribution in [2.24, 2.45) is 0 Å². The lowest BCUT2D eigenvalue weighted by atomic mass is 10.2. The number of methoxy groups -OCH3 is 1. The standard InChI is InChI=1S/C19H17NO3/c1-20(15-6-4-3-5-7-15)19(21)11-9-17-13-14-12-16(22-2)8-10-18(14)23-17/h3-13H,1-2H3. The number of amides is 1. The average molecular weight is 307 g/mol. The predicted octanol–water partition coefficient (Wildman–Crippen LogP) is 4.12.